The van der Waals surface area contributed by atoms with Gasteiger partial charge < -0.3 is 19.9 Å². The van der Waals surface area contributed by atoms with Crippen molar-refractivity contribution in [2.24, 2.45) is 0 Å². The van der Waals surface area contributed by atoms with Gasteiger partial charge in [-0.1, -0.05) is 30.3 Å². The van der Waals surface area contributed by atoms with Gasteiger partial charge in [0.15, 0.2) is 0 Å². The monoisotopic (exact) mass is 267 g/mol. The van der Waals surface area contributed by atoms with Gasteiger partial charge in [0.05, 0.1) is 26.2 Å². The van der Waals surface area contributed by atoms with Crippen molar-refractivity contribution >= 4 is 5.97 Å². The van der Waals surface area contributed by atoms with E-state index in [1.807, 2.05) is 30.3 Å². The molecule has 0 bridgehead atoms. The Morgan fingerprint density at radius 2 is 2.00 bits per heavy atom. The highest BCUT2D eigenvalue weighted by Gasteiger charge is 2.23. The molecule has 19 heavy (non-hydrogen) atoms. The Labute approximate surface area is 113 Å². The number of hydrogen-bond donors (Lipinski definition) is 2. The van der Waals surface area contributed by atoms with E-state index in [2.05, 4.69) is 10.1 Å². The number of aliphatic hydroxyl groups is 1. The third-order valence-electron chi connectivity index (χ3n) is 2.85. The number of rotatable bonds is 8. The Kier molecular flexibility index (Phi) is 7.10. The molecule has 0 aliphatic carbocycles. The van der Waals surface area contributed by atoms with Crippen molar-refractivity contribution in [3.05, 3.63) is 35.9 Å². The highest BCUT2D eigenvalue weighted by atomic mass is 16.5. The van der Waals surface area contributed by atoms with Gasteiger partial charge in [-0.2, -0.15) is 0 Å². The summed E-state index contributed by atoms with van der Waals surface area (Å²) in [6.07, 6.45) is -0.659. The summed E-state index contributed by atoms with van der Waals surface area (Å²) >= 11 is 0. The number of benzene rings is 1. The fourth-order valence-electron chi connectivity index (χ4n) is 1.79. The van der Waals surface area contributed by atoms with Crippen LogP contribution in [0.3, 0.4) is 0 Å². The molecule has 0 radical (unpaired) electrons. The first-order chi connectivity index (χ1) is 9.19. The second-order valence-corrected chi connectivity index (χ2v) is 4.19. The smallest absolute Gasteiger partial charge is 0.307 e. The predicted octanol–water partition coefficient (Wildman–Crippen LogP) is 0.888. The summed E-state index contributed by atoms with van der Waals surface area (Å²) in [7, 11) is 2.94. The van der Waals surface area contributed by atoms with E-state index in [0.717, 1.165) is 5.56 Å². The molecule has 5 heteroatoms. The highest BCUT2D eigenvalue weighted by Crippen LogP contribution is 2.18. The Morgan fingerprint density at radius 1 is 1.32 bits per heavy atom. The summed E-state index contributed by atoms with van der Waals surface area (Å²) < 4.78 is 9.60. The van der Waals surface area contributed by atoms with E-state index in [-0.39, 0.29) is 12.4 Å². The summed E-state index contributed by atoms with van der Waals surface area (Å²) in [5.41, 5.74) is 0.765. The van der Waals surface area contributed by atoms with E-state index >= 15 is 0 Å². The minimum atomic E-state index is -0.767. The first-order valence-electron chi connectivity index (χ1n) is 6.21. The molecule has 1 aromatic carbocycles. The molecule has 2 N–H and O–H groups in total. The Bertz CT molecular complexity index is 369. The number of hydrogen-bond acceptors (Lipinski definition) is 5. The molecule has 1 aromatic rings. The molecule has 106 valence electrons. The highest BCUT2D eigenvalue weighted by molar-refractivity contribution is 5.70. The number of ether oxygens (including phenoxy) is 2. The molecule has 5 nitrogen and oxygen atoms in total. The largest absolute Gasteiger partial charge is 0.469 e. The molecule has 0 spiro atoms. The lowest BCUT2D eigenvalue weighted by Gasteiger charge is -2.23. The number of carbonyl (C=O) groups excluding carboxylic acids is 1. The first-order valence-corrected chi connectivity index (χ1v) is 6.21. The molecule has 0 saturated heterocycles. The van der Waals surface area contributed by atoms with E-state index in [1.54, 1.807) is 7.11 Å². The maximum absolute atomic E-state index is 11.4. The average Bonchev–Trinajstić information content (AvgIpc) is 2.46. The maximum atomic E-state index is 11.4. The number of methoxy groups -OCH3 is 2. The second kappa shape index (κ2) is 8.63. The van der Waals surface area contributed by atoms with Crippen LogP contribution in [0.4, 0.5) is 0 Å². The van der Waals surface area contributed by atoms with Gasteiger partial charge in [0.2, 0.25) is 0 Å². The molecule has 0 heterocycles. The lowest BCUT2D eigenvalue weighted by molar-refractivity contribution is -0.142. The fraction of sp³-hybridized carbons (Fsp3) is 0.500. The Morgan fingerprint density at radius 3 is 2.58 bits per heavy atom. The molecule has 2 atom stereocenters. The second-order valence-electron chi connectivity index (χ2n) is 4.19. The molecule has 0 aromatic heterocycles. The Balaban J connectivity index is 2.68. The minimum absolute atomic E-state index is 0.107. The lowest BCUT2D eigenvalue weighted by atomic mass is 10.00. The maximum Gasteiger partial charge on any atom is 0.307 e. The summed E-state index contributed by atoms with van der Waals surface area (Å²) in [5, 5.41) is 13.4. The van der Waals surface area contributed by atoms with Crippen LogP contribution in [0, 0.1) is 0 Å². The summed E-state index contributed by atoms with van der Waals surface area (Å²) in [6.45, 7) is 1.07. The van der Waals surface area contributed by atoms with Crippen molar-refractivity contribution in [3.63, 3.8) is 0 Å². The fourth-order valence-corrected chi connectivity index (χ4v) is 1.79. The molecular formula is C14H21NO4. The zero-order valence-corrected chi connectivity index (χ0v) is 11.3. The molecule has 0 aliphatic heterocycles. The van der Waals surface area contributed by atoms with Gasteiger partial charge >= 0.3 is 5.97 Å². The van der Waals surface area contributed by atoms with Crippen molar-refractivity contribution in [3.8, 4) is 0 Å². The van der Waals surface area contributed by atoms with Gasteiger partial charge in [-0.05, 0) is 5.56 Å². The van der Waals surface area contributed by atoms with E-state index in [0.29, 0.717) is 13.2 Å². The standard InChI is InChI=1S/C14H21NO4/c1-18-9-8-15-12(10-13(16)19-2)14(17)11-6-4-3-5-7-11/h3-7,12,14-15,17H,8-10H2,1-2H3. The number of esters is 1. The zero-order valence-electron chi connectivity index (χ0n) is 11.3. The minimum Gasteiger partial charge on any atom is -0.469 e. The summed E-state index contributed by atoms with van der Waals surface area (Å²) in [4.78, 5) is 11.4. The van der Waals surface area contributed by atoms with Crippen LogP contribution in [0.2, 0.25) is 0 Å². The van der Waals surface area contributed by atoms with Crippen molar-refractivity contribution in [2.45, 2.75) is 18.6 Å². The van der Waals surface area contributed by atoms with E-state index in [1.165, 1.54) is 7.11 Å². The van der Waals surface area contributed by atoms with Gasteiger partial charge in [-0.15, -0.1) is 0 Å². The number of aliphatic hydroxyl groups excluding tert-OH is 1. The molecule has 0 aliphatic rings. The van der Waals surface area contributed by atoms with Gasteiger partial charge in [-0.3, -0.25) is 4.79 Å². The average molecular weight is 267 g/mol. The van der Waals surface area contributed by atoms with Gasteiger partial charge in [0.1, 0.15) is 0 Å². The van der Waals surface area contributed by atoms with E-state index < -0.39 is 12.1 Å². The predicted molar refractivity (Wildman–Crippen MR) is 71.7 cm³/mol. The van der Waals surface area contributed by atoms with E-state index in [9.17, 15) is 9.90 Å². The van der Waals surface area contributed by atoms with Gasteiger partial charge in [0, 0.05) is 19.7 Å². The molecule has 1 rings (SSSR count). The third-order valence-corrected chi connectivity index (χ3v) is 2.85. The third kappa shape index (κ3) is 5.38. The van der Waals surface area contributed by atoms with E-state index in [4.69, 9.17) is 4.74 Å². The molecule has 0 amide bonds. The summed E-state index contributed by atoms with van der Waals surface area (Å²) in [6, 6.07) is 8.83. The lowest BCUT2D eigenvalue weighted by Crippen LogP contribution is -2.39. The topological polar surface area (TPSA) is 67.8 Å². The number of carbonyl (C=O) groups is 1. The van der Waals surface area contributed by atoms with Crippen LogP contribution in [0.5, 0.6) is 0 Å². The van der Waals surface area contributed by atoms with Crippen molar-refractivity contribution < 1.29 is 19.4 Å². The SMILES string of the molecule is COCCNC(CC(=O)OC)C(O)c1ccccc1. The van der Waals surface area contributed by atoms with Crippen LogP contribution in [0.25, 0.3) is 0 Å². The quantitative estimate of drug-likeness (QED) is 0.541. The Hall–Kier alpha value is -1.43. The van der Waals surface area contributed by atoms with Crippen LogP contribution >= 0.6 is 0 Å². The zero-order chi connectivity index (χ0) is 14.1. The van der Waals surface area contributed by atoms with Crippen molar-refractivity contribution in [2.75, 3.05) is 27.4 Å². The van der Waals surface area contributed by atoms with Crippen LogP contribution in [-0.2, 0) is 14.3 Å². The van der Waals surface area contributed by atoms with Crippen LogP contribution in [0.1, 0.15) is 18.1 Å². The van der Waals surface area contributed by atoms with Crippen molar-refractivity contribution in [1.29, 1.82) is 0 Å². The van der Waals surface area contributed by atoms with Gasteiger partial charge in [-0.25, -0.2) is 0 Å². The van der Waals surface area contributed by atoms with Crippen LogP contribution in [0.15, 0.2) is 30.3 Å². The number of nitrogens with one attached hydrogen (secondary N) is 1. The first kappa shape index (κ1) is 15.6. The normalized spacial score (nSPS) is 13.8. The molecular weight excluding hydrogens is 246 g/mol. The molecule has 0 fully saturated rings. The van der Waals surface area contributed by atoms with Gasteiger partial charge in [0.25, 0.3) is 0 Å². The molecule has 2 unspecified atom stereocenters. The molecule has 0 saturated carbocycles. The van der Waals surface area contributed by atoms with Crippen LogP contribution < -0.4 is 5.32 Å². The summed E-state index contributed by atoms with van der Waals surface area (Å²) in [5.74, 6) is -0.357. The van der Waals surface area contributed by atoms with Crippen molar-refractivity contribution in [1.82, 2.24) is 5.32 Å². The van der Waals surface area contributed by atoms with Crippen LogP contribution in [-0.4, -0.2) is 44.5 Å².